The molecule has 0 aliphatic heterocycles. The normalized spacial score (nSPS) is 10.7. The number of hydrogen-bond acceptors (Lipinski definition) is 3. The van der Waals surface area contributed by atoms with Crippen molar-refractivity contribution in [3.8, 4) is 11.5 Å². The number of methoxy groups -OCH3 is 1. The molecule has 148 valence electrons. The molecule has 0 saturated carbocycles. The van der Waals surface area contributed by atoms with Crippen LogP contribution in [0.2, 0.25) is 0 Å². The predicted molar refractivity (Wildman–Crippen MR) is 123 cm³/mol. The van der Waals surface area contributed by atoms with Crippen LogP contribution in [0, 0.1) is 0 Å². The maximum absolute atomic E-state index is 5.63. The van der Waals surface area contributed by atoms with Gasteiger partial charge in [0.25, 0.3) is 0 Å². The van der Waals surface area contributed by atoms with Gasteiger partial charge in [0.15, 0.2) is 17.5 Å². The zero-order chi connectivity index (χ0) is 18.6. The highest BCUT2D eigenvalue weighted by Gasteiger charge is 2.05. The Kier molecular flexibility index (Phi) is 11.3. The lowest BCUT2D eigenvalue weighted by Crippen LogP contribution is -2.38. The molecule has 0 aliphatic carbocycles. The Morgan fingerprint density at radius 1 is 0.963 bits per heavy atom. The van der Waals surface area contributed by atoms with E-state index in [1.54, 1.807) is 7.11 Å². The SMILES string of the molecule is CCNC(=NCc1ccc(OC)c(OCC)c1)NCCc1ccccc1.I. The van der Waals surface area contributed by atoms with E-state index < -0.39 is 0 Å². The summed E-state index contributed by atoms with van der Waals surface area (Å²) in [6.45, 7) is 6.86. The number of aliphatic imine (C=N–C) groups is 1. The number of benzene rings is 2. The van der Waals surface area contributed by atoms with Crippen LogP contribution < -0.4 is 20.1 Å². The summed E-state index contributed by atoms with van der Waals surface area (Å²) in [5.74, 6) is 2.31. The first-order valence-electron chi connectivity index (χ1n) is 9.12. The Labute approximate surface area is 179 Å². The number of ether oxygens (including phenoxy) is 2. The van der Waals surface area contributed by atoms with Crippen LogP contribution in [0.4, 0.5) is 0 Å². The van der Waals surface area contributed by atoms with Crippen molar-refractivity contribution in [2.24, 2.45) is 4.99 Å². The van der Waals surface area contributed by atoms with E-state index in [-0.39, 0.29) is 24.0 Å². The fourth-order valence-electron chi connectivity index (χ4n) is 2.57. The average molecular weight is 483 g/mol. The van der Waals surface area contributed by atoms with Crippen molar-refractivity contribution in [1.82, 2.24) is 10.6 Å². The highest BCUT2D eigenvalue weighted by molar-refractivity contribution is 14.0. The molecular formula is C21H30IN3O2. The van der Waals surface area contributed by atoms with E-state index in [0.29, 0.717) is 13.2 Å². The van der Waals surface area contributed by atoms with E-state index in [9.17, 15) is 0 Å². The minimum absolute atomic E-state index is 0. The van der Waals surface area contributed by atoms with Gasteiger partial charge in [-0.1, -0.05) is 36.4 Å². The molecular weight excluding hydrogens is 453 g/mol. The van der Waals surface area contributed by atoms with Crippen LogP contribution in [0.25, 0.3) is 0 Å². The van der Waals surface area contributed by atoms with Crippen molar-refractivity contribution in [2.45, 2.75) is 26.8 Å². The van der Waals surface area contributed by atoms with Crippen LogP contribution in [-0.2, 0) is 13.0 Å². The Morgan fingerprint density at radius 2 is 1.74 bits per heavy atom. The molecule has 0 aliphatic rings. The largest absolute Gasteiger partial charge is 0.493 e. The molecule has 2 N–H and O–H groups in total. The maximum Gasteiger partial charge on any atom is 0.191 e. The van der Waals surface area contributed by atoms with E-state index in [2.05, 4.69) is 46.8 Å². The lowest BCUT2D eigenvalue weighted by molar-refractivity contribution is 0.310. The quantitative estimate of drug-likeness (QED) is 0.322. The third-order valence-corrected chi connectivity index (χ3v) is 3.84. The highest BCUT2D eigenvalue weighted by atomic mass is 127. The Hall–Kier alpha value is -1.96. The number of guanidine groups is 1. The smallest absolute Gasteiger partial charge is 0.191 e. The highest BCUT2D eigenvalue weighted by Crippen LogP contribution is 2.28. The van der Waals surface area contributed by atoms with Crippen molar-refractivity contribution in [2.75, 3.05) is 26.8 Å². The van der Waals surface area contributed by atoms with E-state index in [4.69, 9.17) is 9.47 Å². The molecule has 0 atom stereocenters. The Morgan fingerprint density at radius 3 is 2.41 bits per heavy atom. The van der Waals surface area contributed by atoms with Gasteiger partial charge in [-0.3, -0.25) is 0 Å². The molecule has 0 fully saturated rings. The summed E-state index contributed by atoms with van der Waals surface area (Å²) in [6, 6.07) is 16.4. The van der Waals surface area contributed by atoms with Crippen molar-refractivity contribution < 1.29 is 9.47 Å². The lowest BCUT2D eigenvalue weighted by Gasteiger charge is -2.12. The fraction of sp³-hybridized carbons (Fsp3) is 0.381. The average Bonchev–Trinajstić information content (AvgIpc) is 2.67. The van der Waals surface area contributed by atoms with Gasteiger partial charge in [0, 0.05) is 13.1 Å². The number of hydrogen-bond donors (Lipinski definition) is 2. The monoisotopic (exact) mass is 483 g/mol. The number of nitrogens with one attached hydrogen (secondary N) is 2. The molecule has 2 aromatic rings. The second-order valence-electron chi connectivity index (χ2n) is 5.78. The third-order valence-electron chi connectivity index (χ3n) is 3.84. The lowest BCUT2D eigenvalue weighted by atomic mass is 10.1. The van der Waals surface area contributed by atoms with Gasteiger partial charge in [0.05, 0.1) is 20.3 Å². The van der Waals surface area contributed by atoms with Gasteiger partial charge in [0.2, 0.25) is 0 Å². The molecule has 27 heavy (non-hydrogen) atoms. The van der Waals surface area contributed by atoms with E-state index >= 15 is 0 Å². The molecule has 5 nitrogen and oxygen atoms in total. The van der Waals surface area contributed by atoms with Crippen LogP contribution in [-0.4, -0.2) is 32.8 Å². The molecule has 2 aromatic carbocycles. The van der Waals surface area contributed by atoms with Gasteiger partial charge < -0.3 is 20.1 Å². The summed E-state index contributed by atoms with van der Waals surface area (Å²) < 4.78 is 11.0. The zero-order valence-electron chi connectivity index (χ0n) is 16.3. The zero-order valence-corrected chi connectivity index (χ0v) is 18.7. The van der Waals surface area contributed by atoms with Gasteiger partial charge in [0.1, 0.15) is 0 Å². The molecule has 0 aromatic heterocycles. The van der Waals surface area contributed by atoms with E-state index in [1.807, 2.05) is 31.2 Å². The van der Waals surface area contributed by atoms with Gasteiger partial charge in [-0.15, -0.1) is 24.0 Å². The minimum Gasteiger partial charge on any atom is -0.493 e. The standard InChI is InChI=1S/C21H29N3O2.HI/c1-4-22-21(23-14-13-17-9-7-6-8-10-17)24-16-18-11-12-19(25-3)20(15-18)26-5-2;/h6-12,15H,4-5,13-14,16H2,1-3H3,(H2,22,23,24);1H. The second-order valence-corrected chi connectivity index (χ2v) is 5.78. The molecule has 0 spiro atoms. The van der Waals surface area contributed by atoms with Crippen molar-refractivity contribution >= 4 is 29.9 Å². The molecule has 0 radical (unpaired) electrons. The molecule has 0 heterocycles. The van der Waals surface area contributed by atoms with E-state index in [1.165, 1.54) is 5.56 Å². The van der Waals surface area contributed by atoms with E-state index in [0.717, 1.165) is 42.5 Å². The van der Waals surface area contributed by atoms with Crippen LogP contribution in [0.5, 0.6) is 11.5 Å². The topological polar surface area (TPSA) is 54.9 Å². The Balaban J connectivity index is 0.00000364. The van der Waals surface area contributed by atoms with Gasteiger partial charge in [-0.25, -0.2) is 4.99 Å². The minimum atomic E-state index is 0. The van der Waals surface area contributed by atoms with Crippen LogP contribution in [0.15, 0.2) is 53.5 Å². The van der Waals surface area contributed by atoms with Crippen molar-refractivity contribution in [1.29, 1.82) is 0 Å². The molecule has 2 rings (SSSR count). The summed E-state index contributed by atoms with van der Waals surface area (Å²) in [4.78, 5) is 4.67. The first kappa shape index (κ1) is 23.1. The Bertz CT molecular complexity index is 693. The van der Waals surface area contributed by atoms with Crippen LogP contribution in [0.1, 0.15) is 25.0 Å². The molecule has 0 bridgehead atoms. The van der Waals surface area contributed by atoms with Gasteiger partial charge >= 0.3 is 0 Å². The molecule has 6 heteroatoms. The van der Waals surface area contributed by atoms with Crippen molar-refractivity contribution in [3.63, 3.8) is 0 Å². The number of nitrogens with zero attached hydrogens (tertiary/aromatic N) is 1. The number of halogens is 1. The predicted octanol–water partition coefficient (Wildman–Crippen LogP) is 4.01. The molecule has 0 amide bonds. The van der Waals surface area contributed by atoms with Crippen LogP contribution in [0.3, 0.4) is 0 Å². The first-order valence-corrected chi connectivity index (χ1v) is 9.12. The molecule has 0 saturated heterocycles. The second kappa shape index (κ2) is 13.2. The van der Waals surface area contributed by atoms with Gasteiger partial charge in [-0.2, -0.15) is 0 Å². The third kappa shape index (κ3) is 8.07. The number of rotatable bonds is 9. The van der Waals surface area contributed by atoms with Crippen LogP contribution >= 0.6 is 24.0 Å². The summed E-state index contributed by atoms with van der Waals surface area (Å²) in [6.07, 6.45) is 0.961. The summed E-state index contributed by atoms with van der Waals surface area (Å²) >= 11 is 0. The maximum atomic E-state index is 5.63. The molecule has 0 unspecified atom stereocenters. The summed E-state index contributed by atoms with van der Waals surface area (Å²) in [5, 5.41) is 6.67. The van der Waals surface area contributed by atoms with Gasteiger partial charge in [-0.05, 0) is 43.5 Å². The van der Waals surface area contributed by atoms with Crippen molar-refractivity contribution in [3.05, 3.63) is 59.7 Å². The summed E-state index contributed by atoms with van der Waals surface area (Å²) in [5.41, 5.74) is 2.39. The first-order chi connectivity index (χ1) is 12.8. The summed E-state index contributed by atoms with van der Waals surface area (Å²) in [7, 11) is 1.65. The fourth-order valence-corrected chi connectivity index (χ4v) is 2.57.